The summed E-state index contributed by atoms with van der Waals surface area (Å²) in [6, 6.07) is 0.543. The van der Waals surface area contributed by atoms with Crippen molar-refractivity contribution in [1.82, 2.24) is 0 Å². The number of carbonyl (C=O) groups excluding carboxylic acids is 1. The molecular weight excluding hydrogens is 345 g/mol. The average Bonchev–Trinajstić information content (AvgIpc) is 2.37. The summed E-state index contributed by atoms with van der Waals surface area (Å²) in [4.78, 5) is 11.6. The lowest BCUT2D eigenvalue weighted by atomic mass is 9.82. The molecule has 0 radical (unpaired) electrons. The van der Waals surface area contributed by atoms with Gasteiger partial charge in [0, 0.05) is 0 Å². The lowest BCUT2D eigenvalue weighted by molar-refractivity contribution is -0.324. The van der Waals surface area contributed by atoms with Crippen molar-refractivity contribution in [2.24, 2.45) is 5.41 Å². The lowest BCUT2D eigenvalue weighted by Gasteiger charge is -2.34. The Hall–Kier alpha value is -1.94. The second-order valence-electron chi connectivity index (χ2n) is 4.43. The zero-order chi connectivity index (χ0) is 18.2. The van der Waals surface area contributed by atoms with Gasteiger partial charge in [0.25, 0.3) is 0 Å². The van der Waals surface area contributed by atoms with Crippen LogP contribution in [-0.4, -0.2) is 18.3 Å². The van der Waals surface area contributed by atoms with Crippen LogP contribution in [0.25, 0.3) is 0 Å². The summed E-state index contributed by atoms with van der Waals surface area (Å²) in [5.41, 5.74) is -6.17. The molecule has 0 spiro atoms. The fraction of sp³-hybridized carbons (Fsp3) is 0.417. The van der Waals surface area contributed by atoms with Gasteiger partial charge in [-0.2, -0.15) is 26.3 Å². The first kappa shape index (κ1) is 19.1. The van der Waals surface area contributed by atoms with Crippen molar-refractivity contribution in [2.75, 3.05) is 5.32 Å². The summed E-state index contributed by atoms with van der Waals surface area (Å²) in [5, 5.41) is 1.02. The number of benzene rings is 1. The van der Waals surface area contributed by atoms with Gasteiger partial charge in [-0.3, -0.25) is 4.79 Å². The maximum absolute atomic E-state index is 13.3. The number of amides is 1. The first-order valence-electron chi connectivity index (χ1n) is 5.88. The van der Waals surface area contributed by atoms with Crippen LogP contribution in [0.1, 0.15) is 13.3 Å². The second-order valence-corrected chi connectivity index (χ2v) is 4.43. The normalized spacial score (nSPS) is 13.1. The van der Waals surface area contributed by atoms with Crippen LogP contribution in [-0.2, 0) is 4.79 Å². The van der Waals surface area contributed by atoms with Crippen molar-refractivity contribution < 1.29 is 44.3 Å². The molecule has 0 bridgehead atoms. The van der Waals surface area contributed by atoms with Crippen molar-refractivity contribution >= 4 is 11.6 Å². The fourth-order valence-electron chi connectivity index (χ4n) is 1.83. The largest absolute Gasteiger partial charge is 0.412 e. The lowest BCUT2D eigenvalue weighted by Crippen LogP contribution is -2.57. The smallest absolute Gasteiger partial charge is 0.322 e. The molecule has 1 rings (SSSR count). The molecule has 1 amide bonds. The molecule has 0 saturated carbocycles. The minimum atomic E-state index is -6.04. The number of anilines is 1. The predicted molar refractivity (Wildman–Crippen MR) is 59.8 cm³/mol. The first-order valence-corrected chi connectivity index (χ1v) is 5.88. The Bertz CT molecular complexity index is 592. The molecule has 2 nitrogen and oxygen atoms in total. The molecule has 0 aliphatic rings. The van der Waals surface area contributed by atoms with Gasteiger partial charge < -0.3 is 5.32 Å². The Balaban J connectivity index is 3.37. The quantitative estimate of drug-likeness (QED) is 0.626. The molecule has 1 N–H and O–H groups in total. The molecule has 1 aromatic rings. The molecule has 0 aliphatic heterocycles. The minimum Gasteiger partial charge on any atom is -0.322 e. The van der Waals surface area contributed by atoms with Gasteiger partial charge in [0.1, 0.15) is 0 Å². The van der Waals surface area contributed by atoms with Crippen LogP contribution in [0.4, 0.5) is 45.2 Å². The van der Waals surface area contributed by atoms with Crippen LogP contribution in [0.3, 0.4) is 0 Å². The highest BCUT2D eigenvalue weighted by Gasteiger charge is 2.74. The molecule has 0 aromatic heterocycles. The van der Waals surface area contributed by atoms with E-state index in [4.69, 9.17) is 0 Å². The van der Waals surface area contributed by atoms with Gasteiger partial charge in [0.15, 0.2) is 17.5 Å². The zero-order valence-corrected chi connectivity index (χ0v) is 11.2. The van der Waals surface area contributed by atoms with Crippen molar-refractivity contribution in [3.8, 4) is 0 Å². The third kappa shape index (κ3) is 3.08. The van der Waals surface area contributed by atoms with Gasteiger partial charge >= 0.3 is 12.4 Å². The Labute approximate surface area is 123 Å². The Kier molecular flexibility index (Phi) is 4.93. The molecule has 0 saturated heterocycles. The Morgan fingerprint density at radius 1 is 0.957 bits per heavy atom. The van der Waals surface area contributed by atoms with E-state index in [2.05, 4.69) is 0 Å². The van der Waals surface area contributed by atoms with E-state index in [1.54, 1.807) is 0 Å². The average molecular weight is 353 g/mol. The van der Waals surface area contributed by atoms with Crippen molar-refractivity contribution in [3.63, 3.8) is 0 Å². The second kappa shape index (κ2) is 5.93. The number of carbonyl (C=O) groups is 1. The standard InChI is InChI=1S/C12H8F9NO/c1-2-10(11(16,17)18,12(19,20)21)9(23)22-6-4-3-5(13)7(14)8(6)15/h3-4H,2H2,1H3,(H,22,23). The van der Waals surface area contributed by atoms with E-state index >= 15 is 0 Å². The predicted octanol–water partition coefficient (Wildman–Crippen LogP) is 4.56. The van der Waals surface area contributed by atoms with E-state index in [9.17, 15) is 44.3 Å². The maximum atomic E-state index is 13.3. The number of alkyl halides is 6. The van der Waals surface area contributed by atoms with E-state index in [1.165, 1.54) is 0 Å². The van der Waals surface area contributed by atoms with Crippen molar-refractivity contribution in [3.05, 3.63) is 29.6 Å². The Morgan fingerprint density at radius 2 is 1.43 bits per heavy atom. The molecule has 0 unspecified atom stereocenters. The van der Waals surface area contributed by atoms with Gasteiger partial charge in [-0.05, 0) is 18.6 Å². The number of nitrogens with one attached hydrogen (secondary N) is 1. The van der Waals surface area contributed by atoms with Gasteiger partial charge in [-0.1, -0.05) is 6.92 Å². The maximum Gasteiger partial charge on any atom is 0.412 e. The van der Waals surface area contributed by atoms with E-state index in [-0.39, 0.29) is 6.07 Å². The summed E-state index contributed by atoms with van der Waals surface area (Å²) in [7, 11) is 0. The topological polar surface area (TPSA) is 29.1 Å². The number of halogens is 9. The van der Waals surface area contributed by atoms with Crippen LogP contribution in [0, 0.1) is 22.9 Å². The monoisotopic (exact) mass is 353 g/mol. The summed E-state index contributed by atoms with van der Waals surface area (Å²) >= 11 is 0. The van der Waals surface area contributed by atoms with Crippen molar-refractivity contribution in [2.45, 2.75) is 25.7 Å². The van der Waals surface area contributed by atoms with Gasteiger partial charge in [-0.25, -0.2) is 13.2 Å². The molecule has 11 heteroatoms. The van der Waals surface area contributed by atoms with Crippen LogP contribution in [0.15, 0.2) is 12.1 Å². The third-order valence-corrected chi connectivity index (χ3v) is 3.17. The molecule has 0 aliphatic carbocycles. The number of hydrogen-bond acceptors (Lipinski definition) is 1. The zero-order valence-electron chi connectivity index (χ0n) is 11.2. The highest BCUT2D eigenvalue weighted by Crippen LogP contribution is 2.53. The van der Waals surface area contributed by atoms with Gasteiger partial charge in [-0.15, -0.1) is 0 Å². The van der Waals surface area contributed by atoms with Gasteiger partial charge in [0.2, 0.25) is 11.3 Å². The SMILES string of the molecule is CCC(C(=O)Nc1ccc(F)c(F)c1F)(C(F)(F)F)C(F)(F)F. The Morgan fingerprint density at radius 3 is 1.83 bits per heavy atom. The molecule has 130 valence electrons. The first-order chi connectivity index (χ1) is 10.3. The summed E-state index contributed by atoms with van der Waals surface area (Å²) in [5.74, 6) is -8.64. The summed E-state index contributed by atoms with van der Waals surface area (Å²) < 4.78 is 116. The molecular formula is C12H8F9NO. The molecule has 1 aromatic carbocycles. The molecule has 0 fully saturated rings. The van der Waals surface area contributed by atoms with Gasteiger partial charge in [0.05, 0.1) is 5.69 Å². The number of rotatable bonds is 3. The summed E-state index contributed by atoms with van der Waals surface area (Å²) in [6.45, 7) is 0.460. The molecule has 0 atom stereocenters. The van der Waals surface area contributed by atoms with E-state index < -0.39 is 53.2 Å². The third-order valence-electron chi connectivity index (χ3n) is 3.17. The van der Waals surface area contributed by atoms with Crippen LogP contribution in [0.5, 0.6) is 0 Å². The highest BCUT2D eigenvalue weighted by atomic mass is 19.4. The van der Waals surface area contributed by atoms with E-state index in [1.807, 2.05) is 0 Å². The van der Waals surface area contributed by atoms with Crippen LogP contribution in [0.2, 0.25) is 0 Å². The summed E-state index contributed by atoms with van der Waals surface area (Å²) in [6.07, 6.45) is -13.8. The van der Waals surface area contributed by atoms with E-state index in [0.717, 1.165) is 5.32 Å². The number of hydrogen-bond donors (Lipinski definition) is 1. The van der Waals surface area contributed by atoms with Crippen LogP contribution >= 0.6 is 0 Å². The van der Waals surface area contributed by atoms with E-state index in [0.29, 0.717) is 13.0 Å². The van der Waals surface area contributed by atoms with Crippen LogP contribution < -0.4 is 5.32 Å². The highest BCUT2D eigenvalue weighted by molar-refractivity contribution is 5.96. The molecule has 23 heavy (non-hydrogen) atoms. The molecule has 0 heterocycles. The fourth-order valence-corrected chi connectivity index (χ4v) is 1.83. The van der Waals surface area contributed by atoms with Crippen molar-refractivity contribution in [1.29, 1.82) is 0 Å². The minimum absolute atomic E-state index is 0.239.